The van der Waals surface area contributed by atoms with E-state index in [-0.39, 0.29) is 17.4 Å². The molecule has 0 radical (unpaired) electrons. The topological polar surface area (TPSA) is 92.1 Å². The van der Waals surface area contributed by atoms with E-state index in [1.54, 1.807) is 6.20 Å². The van der Waals surface area contributed by atoms with Crippen LogP contribution in [0, 0.1) is 5.92 Å². The van der Waals surface area contributed by atoms with E-state index < -0.39 is 0 Å². The molecule has 38 heavy (non-hydrogen) atoms. The van der Waals surface area contributed by atoms with Gasteiger partial charge in [0.05, 0.1) is 16.6 Å². The van der Waals surface area contributed by atoms with Crippen LogP contribution in [0.25, 0.3) is 50.1 Å². The van der Waals surface area contributed by atoms with Gasteiger partial charge in [0, 0.05) is 23.1 Å². The average molecular weight is 498 g/mol. The number of H-pyrrole nitrogens is 1. The fourth-order valence-corrected chi connectivity index (χ4v) is 4.91. The van der Waals surface area contributed by atoms with Crippen molar-refractivity contribution in [1.82, 2.24) is 19.6 Å². The Balaban J connectivity index is 1.54. The largest absolute Gasteiger partial charge is 0.325 e. The molecule has 7 heteroatoms. The minimum Gasteiger partial charge on any atom is -0.325 e. The molecule has 0 atom stereocenters. The van der Waals surface area contributed by atoms with E-state index in [1.165, 1.54) is 4.52 Å². The van der Waals surface area contributed by atoms with E-state index in [0.29, 0.717) is 28.3 Å². The Morgan fingerprint density at radius 2 is 1.58 bits per heavy atom. The van der Waals surface area contributed by atoms with Gasteiger partial charge in [-0.2, -0.15) is 9.61 Å². The van der Waals surface area contributed by atoms with Gasteiger partial charge < -0.3 is 10.3 Å². The highest BCUT2D eigenvalue weighted by molar-refractivity contribution is 5.99. The zero-order valence-electron chi connectivity index (χ0n) is 20.4. The van der Waals surface area contributed by atoms with Crippen LogP contribution in [0.1, 0.15) is 12.8 Å². The molecule has 3 heterocycles. The number of benzene rings is 3. The smallest absolute Gasteiger partial charge is 0.284 e. The van der Waals surface area contributed by atoms with Gasteiger partial charge in [-0.3, -0.25) is 14.6 Å². The second-order valence-corrected chi connectivity index (χ2v) is 9.57. The molecule has 2 N–H and O–H groups in total. The summed E-state index contributed by atoms with van der Waals surface area (Å²) >= 11 is 0. The molecule has 0 unspecified atom stereocenters. The summed E-state index contributed by atoms with van der Waals surface area (Å²) in [6.45, 7) is 0. The molecular formula is C31H23N5O2. The second-order valence-electron chi connectivity index (χ2n) is 9.57. The fraction of sp³-hybridized carbons (Fsp3) is 0.0968. The maximum Gasteiger partial charge on any atom is 0.284 e. The summed E-state index contributed by atoms with van der Waals surface area (Å²) in [6, 6.07) is 29.1. The molecule has 0 spiro atoms. The number of hydrogen-bond donors (Lipinski definition) is 2. The van der Waals surface area contributed by atoms with Crippen molar-refractivity contribution < 1.29 is 4.79 Å². The van der Waals surface area contributed by atoms with E-state index in [2.05, 4.69) is 15.3 Å². The van der Waals surface area contributed by atoms with E-state index in [1.807, 2.05) is 91.0 Å². The van der Waals surface area contributed by atoms with Crippen LogP contribution < -0.4 is 10.9 Å². The van der Waals surface area contributed by atoms with Crippen LogP contribution in [-0.2, 0) is 4.79 Å². The van der Waals surface area contributed by atoms with E-state index in [0.717, 1.165) is 40.4 Å². The number of nitrogens with one attached hydrogen (secondary N) is 2. The third kappa shape index (κ3) is 3.76. The Morgan fingerprint density at radius 1 is 0.842 bits per heavy atom. The zero-order valence-corrected chi connectivity index (χ0v) is 20.4. The quantitative estimate of drug-likeness (QED) is 0.309. The van der Waals surface area contributed by atoms with Crippen molar-refractivity contribution in [3.63, 3.8) is 0 Å². The highest BCUT2D eigenvalue weighted by atomic mass is 16.2. The molecule has 1 aliphatic rings. The van der Waals surface area contributed by atoms with Gasteiger partial charge in [-0.25, -0.2) is 0 Å². The number of aromatic amines is 1. The molecule has 6 aromatic rings. The molecule has 184 valence electrons. The standard InChI is InChI=1S/C31H23N5O2/c37-30(21-13-14-21)34-28-26(23-15-16-24-22(18-23)12-7-17-32-24)31(38)36-29(33-28)25(19-8-3-1-4-9-19)27(35-36)20-10-5-2-6-11-20/h1-12,15-18,21,33H,13-14H2,(H,34,37). The second kappa shape index (κ2) is 8.81. The van der Waals surface area contributed by atoms with Crippen LogP contribution in [0.5, 0.6) is 0 Å². The van der Waals surface area contributed by atoms with Crippen molar-refractivity contribution in [2.24, 2.45) is 5.92 Å². The maximum absolute atomic E-state index is 14.2. The van der Waals surface area contributed by atoms with Crippen LogP contribution in [0.2, 0.25) is 0 Å². The number of carbonyl (C=O) groups is 1. The monoisotopic (exact) mass is 497 g/mol. The Morgan fingerprint density at radius 3 is 2.32 bits per heavy atom. The van der Waals surface area contributed by atoms with Crippen molar-refractivity contribution in [2.45, 2.75) is 12.8 Å². The number of anilines is 1. The summed E-state index contributed by atoms with van der Waals surface area (Å²) in [4.78, 5) is 34.9. The zero-order chi connectivity index (χ0) is 25.6. The first-order valence-electron chi connectivity index (χ1n) is 12.6. The first-order valence-corrected chi connectivity index (χ1v) is 12.6. The number of fused-ring (bicyclic) bond motifs is 2. The van der Waals surface area contributed by atoms with Crippen molar-refractivity contribution in [2.75, 3.05) is 5.32 Å². The van der Waals surface area contributed by atoms with Gasteiger partial charge in [0.15, 0.2) is 0 Å². The summed E-state index contributed by atoms with van der Waals surface area (Å²) in [5.74, 6) is 0.263. The lowest BCUT2D eigenvalue weighted by Crippen LogP contribution is -2.23. The normalized spacial score (nSPS) is 13.2. The predicted molar refractivity (Wildman–Crippen MR) is 149 cm³/mol. The lowest BCUT2D eigenvalue weighted by molar-refractivity contribution is -0.117. The molecule has 1 aliphatic carbocycles. The molecular weight excluding hydrogens is 474 g/mol. The SMILES string of the molecule is O=C(Nc1[nH]c2c(-c3ccccc3)c(-c3ccccc3)nn2c(=O)c1-c1ccc2ncccc2c1)C1CC1. The Bertz CT molecular complexity index is 1890. The molecule has 0 aliphatic heterocycles. The number of pyridine rings is 1. The molecule has 7 nitrogen and oxygen atoms in total. The van der Waals surface area contributed by atoms with Gasteiger partial charge in [0.25, 0.3) is 5.56 Å². The van der Waals surface area contributed by atoms with Crippen LogP contribution in [0.15, 0.2) is 102 Å². The molecule has 3 aromatic carbocycles. The summed E-state index contributed by atoms with van der Waals surface area (Å²) in [7, 11) is 0. The molecule has 3 aromatic heterocycles. The molecule has 0 bridgehead atoms. The number of rotatable bonds is 5. The summed E-state index contributed by atoms with van der Waals surface area (Å²) < 4.78 is 1.42. The molecule has 7 rings (SSSR count). The first kappa shape index (κ1) is 22.2. The minimum atomic E-state index is -0.313. The predicted octanol–water partition coefficient (Wildman–Crippen LogP) is 5.92. The average Bonchev–Trinajstić information content (AvgIpc) is 3.75. The number of hydrogen-bond acceptors (Lipinski definition) is 4. The van der Waals surface area contributed by atoms with Crippen molar-refractivity contribution in [1.29, 1.82) is 0 Å². The van der Waals surface area contributed by atoms with Gasteiger partial charge in [0.2, 0.25) is 5.91 Å². The van der Waals surface area contributed by atoms with Crippen LogP contribution in [-0.4, -0.2) is 25.5 Å². The summed E-state index contributed by atoms with van der Waals surface area (Å²) in [5, 5.41) is 8.75. The van der Waals surface area contributed by atoms with E-state index >= 15 is 0 Å². The van der Waals surface area contributed by atoms with Crippen molar-refractivity contribution >= 4 is 28.3 Å². The van der Waals surface area contributed by atoms with E-state index in [9.17, 15) is 9.59 Å². The Labute approximate surface area is 217 Å². The minimum absolute atomic E-state index is 0.0261. The van der Waals surface area contributed by atoms with Crippen LogP contribution >= 0.6 is 0 Å². The number of nitrogens with zero attached hydrogens (tertiary/aromatic N) is 3. The number of aromatic nitrogens is 4. The molecule has 1 saturated carbocycles. The Kier molecular flexibility index (Phi) is 5.14. The molecule has 1 fully saturated rings. The molecule has 0 saturated heterocycles. The van der Waals surface area contributed by atoms with Gasteiger partial charge in [-0.1, -0.05) is 72.8 Å². The Hall–Kier alpha value is -5.04. The highest BCUT2D eigenvalue weighted by Crippen LogP contribution is 2.37. The third-order valence-electron chi connectivity index (χ3n) is 6.98. The number of carbonyl (C=O) groups excluding carboxylic acids is 1. The van der Waals surface area contributed by atoms with Crippen molar-refractivity contribution in [3.05, 3.63) is 108 Å². The molecule has 1 amide bonds. The fourth-order valence-electron chi connectivity index (χ4n) is 4.91. The van der Waals surface area contributed by atoms with Gasteiger partial charge in [-0.05, 0) is 42.2 Å². The summed E-state index contributed by atoms with van der Waals surface area (Å²) in [6.07, 6.45) is 3.45. The lowest BCUT2D eigenvalue weighted by atomic mass is 10.0. The van der Waals surface area contributed by atoms with E-state index in [4.69, 9.17) is 5.10 Å². The van der Waals surface area contributed by atoms with Gasteiger partial charge in [-0.15, -0.1) is 0 Å². The maximum atomic E-state index is 14.2. The van der Waals surface area contributed by atoms with Gasteiger partial charge >= 0.3 is 0 Å². The third-order valence-corrected chi connectivity index (χ3v) is 6.98. The van der Waals surface area contributed by atoms with Crippen LogP contribution in [0.4, 0.5) is 5.82 Å². The highest BCUT2D eigenvalue weighted by Gasteiger charge is 2.31. The lowest BCUT2D eigenvalue weighted by Gasteiger charge is -2.13. The summed E-state index contributed by atoms with van der Waals surface area (Å²) in [5.41, 5.74) is 5.37. The van der Waals surface area contributed by atoms with Crippen molar-refractivity contribution in [3.8, 4) is 33.5 Å². The van der Waals surface area contributed by atoms with Crippen LogP contribution in [0.3, 0.4) is 0 Å². The van der Waals surface area contributed by atoms with Gasteiger partial charge in [0.1, 0.15) is 17.2 Å². The first-order chi connectivity index (χ1) is 18.7. The number of amides is 1.